The van der Waals surface area contributed by atoms with Crippen molar-refractivity contribution in [3.8, 4) is 0 Å². The molecule has 0 radical (unpaired) electrons. The van der Waals surface area contributed by atoms with Gasteiger partial charge in [0.05, 0.1) is 11.6 Å². The number of piperidine rings is 1. The fourth-order valence-corrected chi connectivity index (χ4v) is 6.74. The minimum absolute atomic E-state index is 0.0226. The number of nitrogens with zero attached hydrogens (tertiary/aromatic N) is 1. The van der Waals surface area contributed by atoms with Gasteiger partial charge in [0.2, 0.25) is 11.8 Å². The van der Waals surface area contributed by atoms with Gasteiger partial charge >= 0.3 is 0 Å². The third-order valence-corrected chi connectivity index (χ3v) is 8.97. The smallest absolute Gasteiger partial charge is 0.237 e. The average Bonchev–Trinajstić information content (AvgIpc) is 3.20. The molecule has 9 heteroatoms. The molecule has 2 aliphatic heterocycles. The zero-order chi connectivity index (χ0) is 29.8. The number of nitrogens with one attached hydrogen (secondary N) is 3. The number of amides is 2. The molecule has 2 heterocycles. The van der Waals surface area contributed by atoms with Crippen molar-refractivity contribution in [2.24, 2.45) is 11.1 Å². The average molecular weight is 603 g/mol. The number of halogens is 2. The fraction of sp³-hybridized carbons (Fsp3) is 0.562. The number of nitrogens with two attached hydrogens (primary N) is 1. The van der Waals surface area contributed by atoms with E-state index in [1.165, 1.54) is 0 Å². The number of carbonyl (C=O) groups excluding carboxylic acids is 2. The van der Waals surface area contributed by atoms with E-state index in [2.05, 4.69) is 36.7 Å². The van der Waals surface area contributed by atoms with E-state index < -0.39 is 11.6 Å². The maximum atomic E-state index is 13.8. The van der Waals surface area contributed by atoms with E-state index in [1.807, 2.05) is 53.4 Å². The molecule has 0 bridgehead atoms. The number of carbonyl (C=O) groups is 2. The van der Waals surface area contributed by atoms with E-state index >= 15 is 0 Å². The van der Waals surface area contributed by atoms with E-state index in [0.717, 1.165) is 56.4 Å². The van der Waals surface area contributed by atoms with Crippen molar-refractivity contribution in [1.29, 1.82) is 0 Å². The van der Waals surface area contributed by atoms with Crippen molar-refractivity contribution in [2.75, 3.05) is 26.2 Å². The Kier molecular flexibility index (Phi) is 10.4. The fourth-order valence-electron chi connectivity index (χ4n) is 6.41. The molecule has 41 heavy (non-hydrogen) atoms. The van der Waals surface area contributed by atoms with Crippen LogP contribution in [-0.2, 0) is 15.1 Å². The first-order valence-corrected chi connectivity index (χ1v) is 15.5. The Balaban J connectivity index is 1.49. The van der Waals surface area contributed by atoms with E-state index in [1.54, 1.807) is 6.92 Å². The van der Waals surface area contributed by atoms with Gasteiger partial charge in [-0.2, -0.15) is 0 Å². The Morgan fingerprint density at radius 3 is 2.34 bits per heavy atom. The van der Waals surface area contributed by atoms with Gasteiger partial charge in [-0.15, -0.1) is 0 Å². The van der Waals surface area contributed by atoms with Crippen LogP contribution in [0.2, 0.25) is 10.0 Å². The quantitative estimate of drug-likeness (QED) is 0.309. The molecule has 2 aliphatic rings. The molecule has 2 fully saturated rings. The molecule has 0 spiro atoms. The first-order chi connectivity index (χ1) is 19.4. The maximum absolute atomic E-state index is 13.8. The molecule has 5 N–H and O–H groups in total. The van der Waals surface area contributed by atoms with Gasteiger partial charge in [-0.1, -0.05) is 68.2 Å². The molecule has 2 aromatic rings. The summed E-state index contributed by atoms with van der Waals surface area (Å²) in [4.78, 5) is 27.3. The van der Waals surface area contributed by atoms with Crippen LogP contribution >= 0.6 is 23.2 Å². The predicted molar refractivity (Wildman–Crippen MR) is 167 cm³/mol. The van der Waals surface area contributed by atoms with Gasteiger partial charge in [0.1, 0.15) is 0 Å². The van der Waals surface area contributed by atoms with Gasteiger partial charge < -0.3 is 26.6 Å². The number of likely N-dealkylation sites (tertiary alicyclic amines) is 1. The van der Waals surface area contributed by atoms with Crippen LogP contribution in [0, 0.1) is 5.41 Å². The van der Waals surface area contributed by atoms with Crippen LogP contribution < -0.4 is 21.7 Å². The molecule has 0 aliphatic carbocycles. The Morgan fingerprint density at radius 2 is 1.73 bits per heavy atom. The second kappa shape index (κ2) is 13.4. The minimum Gasteiger partial charge on any atom is -0.355 e. The summed E-state index contributed by atoms with van der Waals surface area (Å²) in [6, 6.07) is 15.1. The molecular formula is C32H45Cl2N5O2. The van der Waals surface area contributed by atoms with Crippen LogP contribution in [-0.4, -0.2) is 61.0 Å². The third kappa shape index (κ3) is 7.82. The molecule has 4 rings (SSSR count). The lowest BCUT2D eigenvalue weighted by Gasteiger charge is -2.39. The van der Waals surface area contributed by atoms with Crippen LogP contribution in [0.25, 0.3) is 0 Å². The molecule has 1 unspecified atom stereocenters. The highest BCUT2D eigenvalue weighted by atomic mass is 35.5. The summed E-state index contributed by atoms with van der Waals surface area (Å²) in [6.45, 7) is 11.2. The second-order valence-electron chi connectivity index (χ2n) is 12.8. The molecule has 0 aromatic heterocycles. The summed E-state index contributed by atoms with van der Waals surface area (Å²) in [5.41, 5.74) is 8.43. The van der Waals surface area contributed by atoms with Gasteiger partial charge in [-0.25, -0.2) is 0 Å². The monoisotopic (exact) mass is 601 g/mol. The van der Waals surface area contributed by atoms with Crippen molar-refractivity contribution in [3.63, 3.8) is 0 Å². The maximum Gasteiger partial charge on any atom is 0.237 e. The highest BCUT2D eigenvalue weighted by Crippen LogP contribution is 2.48. The lowest BCUT2D eigenvalue weighted by Crippen LogP contribution is -2.51. The Morgan fingerprint density at radius 1 is 1.05 bits per heavy atom. The van der Waals surface area contributed by atoms with Crippen LogP contribution in [0.15, 0.2) is 48.5 Å². The van der Waals surface area contributed by atoms with Crippen molar-refractivity contribution < 1.29 is 9.59 Å². The summed E-state index contributed by atoms with van der Waals surface area (Å²) >= 11 is 12.7. The van der Waals surface area contributed by atoms with Crippen molar-refractivity contribution >= 4 is 35.0 Å². The van der Waals surface area contributed by atoms with Crippen molar-refractivity contribution in [2.45, 2.75) is 83.0 Å². The topological polar surface area (TPSA) is 99.5 Å². The zero-order valence-electron chi connectivity index (χ0n) is 24.7. The van der Waals surface area contributed by atoms with Gasteiger partial charge in [-0.3, -0.25) is 9.59 Å². The molecule has 2 saturated heterocycles. The van der Waals surface area contributed by atoms with Crippen LogP contribution in [0.5, 0.6) is 0 Å². The van der Waals surface area contributed by atoms with Gasteiger partial charge in [0.15, 0.2) is 0 Å². The van der Waals surface area contributed by atoms with Crippen LogP contribution in [0.4, 0.5) is 0 Å². The molecule has 224 valence electrons. The van der Waals surface area contributed by atoms with Gasteiger partial charge in [-0.05, 0) is 73.0 Å². The normalized spacial score (nSPS) is 25.3. The van der Waals surface area contributed by atoms with Gasteiger partial charge in [0, 0.05) is 54.6 Å². The first kappa shape index (κ1) is 31.8. The van der Waals surface area contributed by atoms with E-state index in [9.17, 15) is 9.59 Å². The Bertz CT molecular complexity index is 1190. The van der Waals surface area contributed by atoms with Gasteiger partial charge in [0.25, 0.3) is 0 Å². The lowest BCUT2D eigenvalue weighted by atomic mass is 9.68. The largest absolute Gasteiger partial charge is 0.355 e. The minimum atomic E-state index is -0.874. The molecule has 4 atom stereocenters. The number of hydrogen-bond acceptors (Lipinski definition) is 5. The SMILES string of the molecule is CC(=O)N1CCC(NCCCNC(=O)[C@@H]2NC(CC(C)(C)C)[C@](N)(c3ccc(Cl)cc3)[C@H]2c2cccc(Cl)c2)CC1. The number of benzene rings is 2. The molecule has 0 saturated carbocycles. The molecule has 7 nitrogen and oxygen atoms in total. The standard InChI is InChI=1S/C32H45Cl2N5O2/c1-21(40)39-17-13-26(14-18-39)36-15-6-16-37-30(41)29-28(22-7-5-8-25(34)19-22)32(35,23-9-11-24(33)12-10-23)27(38-29)20-31(2,3)4/h5,7-12,19,26-29,36,38H,6,13-18,20,35H2,1-4H3,(H,37,41)/t27?,28-,29+,32+/m0/s1. The van der Waals surface area contributed by atoms with Crippen molar-refractivity contribution in [3.05, 3.63) is 69.7 Å². The van der Waals surface area contributed by atoms with E-state index in [-0.39, 0.29) is 29.2 Å². The second-order valence-corrected chi connectivity index (χ2v) is 13.7. The van der Waals surface area contributed by atoms with E-state index in [0.29, 0.717) is 22.6 Å². The summed E-state index contributed by atoms with van der Waals surface area (Å²) in [7, 11) is 0. The number of rotatable bonds is 9. The molecule has 2 aromatic carbocycles. The van der Waals surface area contributed by atoms with Crippen LogP contribution in [0.1, 0.15) is 70.4 Å². The molecular weight excluding hydrogens is 557 g/mol. The summed E-state index contributed by atoms with van der Waals surface area (Å²) in [5.74, 6) is -0.269. The zero-order valence-corrected chi connectivity index (χ0v) is 26.2. The predicted octanol–water partition coefficient (Wildman–Crippen LogP) is 4.81. The van der Waals surface area contributed by atoms with Crippen molar-refractivity contribution in [1.82, 2.24) is 20.9 Å². The highest BCUT2D eigenvalue weighted by Gasteiger charge is 2.56. The molecule has 2 amide bonds. The summed E-state index contributed by atoms with van der Waals surface area (Å²) in [5, 5.41) is 11.7. The number of hydrogen-bond donors (Lipinski definition) is 4. The first-order valence-electron chi connectivity index (χ1n) is 14.7. The Labute approximate surface area is 254 Å². The third-order valence-electron chi connectivity index (χ3n) is 8.48. The lowest BCUT2D eigenvalue weighted by molar-refractivity contribution is -0.130. The highest BCUT2D eigenvalue weighted by molar-refractivity contribution is 6.30. The summed E-state index contributed by atoms with van der Waals surface area (Å²) in [6.07, 6.45) is 3.50. The summed E-state index contributed by atoms with van der Waals surface area (Å²) < 4.78 is 0. The van der Waals surface area contributed by atoms with E-state index in [4.69, 9.17) is 28.9 Å². The van der Waals surface area contributed by atoms with Crippen LogP contribution in [0.3, 0.4) is 0 Å². The Hall–Kier alpha value is -2.16.